The summed E-state index contributed by atoms with van der Waals surface area (Å²) >= 11 is 0. The third-order valence-electron chi connectivity index (χ3n) is 3.96. The van der Waals surface area contributed by atoms with Crippen LogP contribution in [0.25, 0.3) is 0 Å². The fourth-order valence-electron chi connectivity index (χ4n) is 2.80. The van der Waals surface area contributed by atoms with Gasteiger partial charge in [-0.1, -0.05) is 30.3 Å². The van der Waals surface area contributed by atoms with Gasteiger partial charge in [0.25, 0.3) is 0 Å². The average Bonchev–Trinajstić information content (AvgIpc) is 2.48. The van der Waals surface area contributed by atoms with Crippen LogP contribution in [0.4, 0.5) is 13.2 Å². The van der Waals surface area contributed by atoms with Gasteiger partial charge < -0.3 is 10.2 Å². The third-order valence-corrected chi connectivity index (χ3v) is 3.96. The van der Waals surface area contributed by atoms with Crippen molar-refractivity contribution in [2.24, 2.45) is 0 Å². The van der Waals surface area contributed by atoms with Crippen LogP contribution in [0.3, 0.4) is 0 Å². The quantitative estimate of drug-likeness (QED) is 0.898. The maximum atomic E-state index is 12.1. The van der Waals surface area contributed by atoms with Crippen LogP contribution in [0.2, 0.25) is 0 Å². The van der Waals surface area contributed by atoms with Crippen LogP contribution in [-0.4, -0.2) is 61.7 Å². The van der Waals surface area contributed by atoms with Crippen LogP contribution >= 0.6 is 0 Å². The van der Waals surface area contributed by atoms with Gasteiger partial charge in [0, 0.05) is 38.8 Å². The zero-order valence-corrected chi connectivity index (χ0v) is 13.1. The van der Waals surface area contributed by atoms with E-state index in [2.05, 4.69) is 34.3 Å². The first-order chi connectivity index (χ1) is 10.8. The van der Waals surface area contributed by atoms with Crippen molar-refractivity contribution in [2.75, 3.05) is 39.8 Å². The summed E-state index contributed by atoms with van der Waals surface area (Å²) < 4.78 is 36.4. The number of benzene rings is 1. The number of carbonyl (C=O) groups is 1. The lowest BCUT2D eigenvalue weighted by atomic mass is 10.0. The van der Waals surface area contributed by atoms with E-state index in [0.717, 1.165) is 19.6 Å². The number of likely N-dealkylation sites (N-methyl/N-ethyl adjacent to an activating group) is 1. The van der Waals surface area contributed by atoms with E-state index in [1.54, 1.807) is 0 Å². The lowest BCUT2D eigenvalue weighted by Gasteiger charge is -2.40. The summed E-state index contributed by atoms with van der Waals surface area (Å²) in [4.78, 5) is 15.7. The molecule has 1 heterocycles. The van der Waals surface area contributed by atoms with Crippen molar-refractivity contribution in [1.29, 1.82) is 0 Å². The molecule has 1 aromatic rings. The van der Waals surface area contributed by atoms with E-state index in [-0.39, 0.29) is 12.6 Å². The summed E-state index contributed by atoms with van der Waals surface area (Å²) in [5, 5.41) is 2.36. The molecule has 1 unspecified atom stereocenters. The molecule has 1 aliphatic heterocycles. The smallest absolute Gasteiger partial charge is 0.355 e. The molecule has 1 amide bonds. The topological polar surface area (TPSA) is 35.6 Å². The monoisotopic (exact) mass is 329 g/mol. The number of rotatable bonds is 5. The van der Waals surface area contributed by atoms with Gasteiger partial charge in [0.05, 0.1) is 0 Å². The highest BCUT2D eigenvalue weighted by molar-refractivity contribution is 5.76. The highest BCUT2D eigenvalue weighted by Gasteiger charge is 2.31. The molecular weight excluding hydrogens is 307 g/mol. The van der Waals surface area contributed by atoms with E-state index in [9.17, 15) is 18.0 Å². The van der Waals surface area contributed by atoms with E-state index in [0.29, 0.717) is 6.54 Å². The Morgan fingerprint density at radius 1 is 1.26 bits per heavy atom. The van der Waals surface area contributed by atoms with Crippen LogP contribution in [-0.2, 0) is 4.79 Å². The molecule has 1 aliphatic rings. The average molecular weight is 329 g/mol. The first-order valence-corrected chi connectivity index (χ1v) is 7.66. The van der Waals surface area contributed by atoms with Crippen molar-refractivity contribution < 1.29 is 18.0 Å². The van der Waals surface area contributed by atoms with Gasteiger partial charge in [-0.05, 0) is 12.6 Å². The van der Waals surface area contributed by atoms with Crippen molar-refractivity contribution in [3.63, 3.8) is 0 Å². The Morgan fingerprint density at radius 2 is 1.96 bits per heavy atom. The first-order valence-electron chi connectivity index (χ1n) is 7.66. The second kappa shape index (κ2) is 7.79. The van der Waals surface area contributed by atoms with Crippen LogP contribution in [0, 0.1) is 0 Å². The highest BCUT2D eigenvalue weighted by Crippen LogP contribution is 2.24. The van der Waals surface area contributed by atoms with Gasteiger partial charge in [-0.15, -0.1) is 0 Å². The van der Waals surface area contributed by atoms with E-state index >= 15 is 0 Å². The Balaban J connectivity index is 1.88. The number of piperazine rings is 1. The van der Waals surface area contributed by atoms with Crippen LogP contribution in [0.1, 0.15) is 18.0 Å². The highest BCUT2D eigenvalue weighted by atomic mass is 19.4. The predicted molar refractivity (Wildman–Crippen MR) is 81.9 cm³/mol. The summed E-state index contributed by atoms with van der Waals surface area (Å²) in [7, 11) is 2.05. The van der Waals surface area contributed by atoms with Crippen LogP contribution in [0.5, 0.6) is 0 Å². The molecule has 23 heavy (non-hydrogen) atoms. The number of nitrogens with zero attached hydrogens (tertiary/aromatic N) is 2. The predicted octanol–water partition coefficient (Wildman–Crippen LogP) is 2.04. The molecule has 1 fully saturated rings. The van der Waals surface area contributed by atoms with Gasteiger partial charge in [-0.25, -0.2) is 0 Å². The summed E-state index contributed by atoms with van der Waals surface area (Å²) in [6.45, 7) is 3.35. The normalized spacial score (nSPS) is 20.4. The second-order valence-electron chi connectivity index (χ2n) is 5.87. The van der Waals surface area contributed by atoms with Gasteiger partial charge in [0.15, 0.2) is 0 Å². The molecule has 0 aliphatic carbocycles. The van der Waals surface area contributed by atoms with Gasteiger partial charge in [0.2, 0.25) is 5.91 Å². The van der Waals surface area contributed by atoms with Crippen LogP contribution < -0.4 is 5.32 Å². The molecule has 0 radical (unpaired) electrons. The fourth-order valence-corrected chi connectivity index (χ4v) is 2.80. The number of hydrogen-bond donors (Lipinski definition) is 1. The molecular formula is C16H22F3N3O. The lowest BCUT2D eigenvalue weighted by molar-refractivity contribution is -0.153. The molecule has 2 rings (SSSR count). The molecule has 1 atom stereocenters. The number of nitrogens with one attached hydrogen (secondary N) is 1. The molecule has 7 heteroatoms. The van der Waals surface area contributed by atoms with Crippen molar-refractivity contribution in [2.45, 2.75) is 18.6 Å². The minimum absolute atomic E-state index is 0.189. The zero-order chi connectivity index (χ0) is 16.9. The van der Waals surface area contributed by atoms with Crippen molar-refractivity contribution in [3.8, 4) is 0 Å². The number of hydrogen-bond acceptors (Lipinski definition) is 3. The fraction of sp³-hybridized carbons (Fsp3) is 0.562. The molecule has 0 bridgehead atoms. The minimum atomic E-state index is -4.45. The SMILES string of the molecule is CN1CCN(CCNC(=O)CC(F)(F)F)C(c2ccccc2)C1. The van der Waals surface area contributed by atoms with Gasteiger partial charge in [0.1, 0.15) is 6.42 Å². The molecule has 0 saturated carbocycles. The van der Waals surface area contributed by atoms with E-state index in [4.69, 9.17) is 0 Å². The van der Waals surface area contributed by atoms with E-state index in [1.165, 1.54) is 5.56 Å². The Hall–Kier alpha value is -1.60. The van der Waals surface area contributed by atoms with E-state index in [1.807, 2.05) is 18.2 Å². The zero-order valence-electron chi connectivity index (χ0n) is 13.1. The largest absolute Gasteiger partial charge is 0.397 e. The lowest BCUT2D eigenvalue weighted by Crippen LogP contribution is -2.49. The summed E-state index contributed by atoms with van der Waals surface area (Å²) in [5.41, 5.74) is 1.18. The molecule has 0 aromatic heterocycles. The van der Waals surface area contributed by atoms with E-state index < -0.39 is 18.5 Å². The second-order valence-corrected chi connectivity index (χ2v) is 5.87. The first kappa shape index (κ1) is 17.7. The summed E-state index contributed by atoms with van der Waals surface area (Å²) in [6.07, 6.45) is -5.87. The Kier molecular flexibility index (Phi) is 6.01. The van der Waals surface area contributed by atoms with Crippen LogP contribution in [0.15, 0.2) is 30.3 Å². The standard InChI is InChI=1S/C16H22F3N3O/c1-21-9-10-22(8-7-20-15(23)11-16(17,18)19)14(12-21)13-5-3-2-4-6-13/h2-6,14H,7-12H2,1H3,(H,20,23). The number of amides is 1. The minimum Gasteiger partial charge on any atom is -0.355 e. The van der Waals surface area contributed by atoms with Gasteiger partial charge in [-0.2, -0.15) is 13.2 Å². The van der Waals surface area contributed by atoms with Crippen molar-refractivity contribution >= 4 is 5.91 Å². The Labute approximate surface area is 134 Å². The summed E-state index contributed by atoms with van der Waals surface area (Å²) in [6, 6.07) is 10.2. The Bertz CT molecular complexity index is 507. The molecule has 1 saturated heterocycles. The number of carbonyl (C=O) groups excluding carboxylic acids is 1. The Morgan fingerprint density at radius 3 is 2.61 bits per heavy atom. The molecule has 1 N–H and O–H groups in total. The van der Waals surface area contributed by atoms with Gasteiger partial charge >= 0.3 is 6.18 Å². The maximum Gasteiger partial charge on any atom is 0.397 e. The molecule has 1 aromatic carbocycles. The maximum absolute atomic E-state index is 12.1. The molecule has 4 nitrogen and oxygen atoms in total. The van der Waals surface area contributed by atoms with Crippen molar-refractivity contribution in [1.82, 2.24) is 15.1 Å². The van der Waals surface area contributed by atoms with Gasteiger partial charge in [-0.3, -0.25) is 9.69 Å². The number of halogens is 3. The third kappa shape index (κ3) is 5.84. The molecule has 0 spiro atoms. The molecule has 128 valence electrons. The van der Waals surface area contributed by atoms with Crippen molar-refractivity contribution in [3.05, 3.63) is 35.9 Å². The summed E-state index contributed by atoms with van der Waals surface area (Å²) in [5.74, 6) is -0.970. The number of alkyl halides is 3.